The maximum absolute atomic E-state index is 12.2. The van der Waals surface area contributed by atoms with Crippen molar-refractivity contribution in [2.45, 2.75) is 13.0 Å². The molecule has 1 aromatic heterocycles. The first-order valence-corrected chi connectivity index (χ1v) is 7.97. The number of sulfonamides is 1. The summed E-state index contributed by atoms with van der Waals surface area (Å²) in [7, 11) is -3.16. The number of carbonyl (C=O) groups excluding carboxylic acids is 1. The molecule has 0 spiro atoms. The van der Waals surface area contributed by atoms with Gasteiger partial charge in [-0.05, 0) is 13.0 Å². The fourth-order valence-corrected chi connectivity index (χ4v) is 2.95. The van der Waals surface area contributed by atoms with Crippen molar-refractivity contribution in [1.29, 1.82) is 0 Å². The number of carbonyl (C=O) groups is 1. The van der Waals surface area contributed by atoms with Gasteiger partial charge in [-0.25, -0.2) is 8.42 Å². The first-order valence-electron chi connectivity index (χ1n) is 6.12. The summed E-state index contributed by atoms with van der Waals surface area (Å²) < 4.78 is 25.8. The molecule has 0 aliphatic carbocycles. The van der Waals surface area contributed by atoms with Crippen LogP contribution in [0.1, 0.15) is 13.0 Å². The minimum atomic E-state index is -3.16. The van der Waals surface area contributed by atoms with Crippen LogP contribution in [0.25, 0.3) is 0 Å². The molecular weight excluding hydrogens is 268 g/mol. The molecule has 19 heavy (non-hydrogen) atoms. The predicted octanol–water partition coefficient (Wildman–Crippen LogP) is -0.452. The average molecular weight is 286 g/mol. The van der Waals surface area contributed by atoms with Gasteiger partial charge >= 0.3 is 0 Å². The highest BCUT2D eigenvalue weighted by atomic mass is 32.2. The summed E-state index contributed by atoms with van der Waals surface area (Å²) >= 11 is 0. The van der Waals surface area contributed by atoms with Gasteiger partial charge in [0, 0.05) is 38.6 Å². The van der Waals surface area contributed by atoms with E-state index in [1.807, 2.05) is 0 Å². The Morgan fingerprint density at radius 3 is 2.37 bits per heavy atom. The van der Waals surface area contributed by atoms with E-state index in [1.54, 1.807) is 35.0 Å². The topological polar surface area (TPSA) is 75.5 Å². The molecule has 1 aromatic rings. The third-order valence-electron chi connectivity index (χ3n) is 3.30. The minimum absolute atomic E-state index is 0.0307. The minimum Gasteiger partial charge on any atom is -0.338 e. The predicted molar refractivity (Wildman–Crippen MR) is 69.9 cm³/mol. The highest BCUT2D eigenvalue weighted by Gasteiger charge is 2.28. The maximum atomic E-state index is 12.2. The molecule has 0 radical (unpaired) electrons. The van der Waals surface area contributed by atoms with E-state index in [-0.39, 0.29) is 11.9 Å². The monoisotopic (exact) mass is 286 g/mol. The number of hydrogen-bond acceptors (Lipinski definition) is 4. The molecule has 1 fully saturated rings. The average Bonchev–Trinajstić information content (AvgIpc) is 2.90. The number of amides is 1. The van der Waals surface area contributed by atoms with Crippen LogP contribution in [-0.2, 0) is 14.8 Å². The molecule has 7 nitrogen and oxygen atoms in total. The molecule has 0 bridgehead atoms. The SMILES string of the molecule is C[C@@H](C(=O)N1CCN(S(C)(=O)=O)CC1)n1cccn1. The highest BCUT2D eigenvalue weighted by Crippen LogP contribution is 2.12. The van der Waals surface area contributed by atoms with Crippen molar-refractivity contribution < 1.29 is 13.2 Å². The Morgan fingerprint density at radius 2 is 1.89 bits per heavy atom. The van der Waals surface area contributed by atoms with E-state index in [2.05, 4.69) is 5.10 Å². The lowest BCUT2D eigenvalue weighted by Crippen LogP contribution is -2.51. The van der Waals surface area contributed by atoms with Crippen LogP contribution in [0.2, 0.25) is 0 Å². The third-order valence-corrected chi connectivity index (χ3v) is 4.60. The largest absolute Gasteiger partial charge is 0.338 e. The van der Waals surface area contributed by atoms with Crippen molar-refractivity contribution in [2.24, 2.45) is 0 Å². The Kier molecular flexibility index (Phi) is 3.91. The summed E-state index contributed by atoms with van der Waals surface area (Å²) in [5, 5.41) is 4.05. The number of piperazine rings is 1. The van der Waals surface area contributed by atoms with E-state index < -0.39 is 10.0 Å². The molecule has 1 aliphatic rings. The van der Waals surface area contributed by atoms with Gasteiger partial charge in [0.2, 0.25) is 15.9 Å². The van der Waals surface area contributed by atoms with Crippen molar-refractivity contribution in [2.75, 3.05) is 32.4 Å². The molecule has 8 heteroatoms. The number of hydrogen-bond donors (Lipinski definition) is 0. The molecule has 1 aliphatic heterocycles. The fraction of sp³-hybridized carbons (Fsp3) is 0.636. The molecule has 2 heterocycles. The van der Waals surface area contributed by atoms with Gasteiger partial charge in [0.1, 0.15) is 6.04 Å². The molecule has 0 N–H and O–H groups in total. The highest BCUT2D eigenvalue weighted by molar-refractivity contribution is 7.88. The molecule has 1 amide bonds. The van der Waals surface area contributed by atoms with Gasteiger partial charge < -0.3 is 4.90 Å². The van der Waals surface area contributed by atoms with E-state index >= 15 is 0 Å². The van der Waals surface area contributed by atoms with E-state index in [0.717, 1.165) is 0 Å². The second-order valence-corrected chi connectivity index (χ2v) is 6.63. The Balaban J connectivity index is 1.96. The van der Waals surface area contributed by atoms with Crippen LogP contribution in [0, 0.1) is 0 Å². The Morgan fingerprint density at radius 1 is 1.26 bits per heavy atom. The van der Waals surface area contributed by atoms with Gasteiger partial charge in [0.25, 0.3) is 0 Å². The molecule has 0 aromatic carbocycles. The van der Waals surface area contributed by atoms with E-state index in [0.29, 0.717) is 26.2 Å². The van der Waals surface area contributed by atoms with Crippen LogP contribution in [0.4, 0.5) is 0 Å². The summed E-state index contributed by atoms with van der Waals surface area (Å²) in [6, 6.07) is 1.41. The van der Waals surface area contributed by atoms with Crippen LogP contribution < -0.4 is 0 Å². The molecule has 1 saturated heterocycles. The Hall–Kier alpha value is -1.41. The van der Waals surface area contributed by atoms with Crippen molar-refractivity contribution in [3.8, 4) is 0 Å². The van der Waals surface area contributed by atoms with Crippen molar-refractivity contribution in [1.82, 2.24) is 19.0 Å². The molecular formula is C11H18N4O3S. The lowest BCUT2D eigenvalue weighted by atomic mass is 10.2. The van der Waals surface area contributed by atoms with E-state index in [9.17, 15) is 13.2 Å². The third kappa shape index (κ3) is 3.13. The van der Waals surface area contributed by atoms with Gasteiger partial charge in [0.15, 0.2) is 0 Å². The zero-order valence-electron chi connectivity index (χ0n) is 11.1. The molecule has 106 valence electrons. The van der Waals surface area contributed by atoms with Gasteiger partial charge in [-0.15, -0.1) is 0 Å². The first-order chi connectivity index (χ1) is 8.89. The normalized spacial score (nSPS) is 19.4. The number of rotatable bonds is 3. The lowest BCUT2D eigenvalue weighted by Gasteiger charge is -2.34. The van der Waals surface area contributed by atoms with Crippen molar-refractivity contribution >= 4 is 15.9 Å². The second kappa shape index (κ2) is 5.30. The Labute approximate surface area is 112 Å². The van der Waals surface area contributed by atoms with Gasteiger partial charge in [-0.2, -0.15) is 9.40 Å². The van der Waals surface area contributed by atoms with Crippen molar-refractivity contribution in [3.05, 3.63) is 18.5 Å². The molecule has 2 rings (SSSR count). The van der Waals surface area contributed by atoms with Crippen LogP contribution >= 0.6 is 0 Å². The van der Waals surface area contributed by atoms with Crippen LogP contribution in [0.3, 0.4) is 0 Å². The maximum Gasteiger partial charge on any atom is 0.247 e. The number of nitrogens with zero attached hydrogens (tertiary/aromatic N) is 4. The Bertz CT molecular complexity index is 532. The van der Waals surface area contributed by atoms with E-state index in [4.69, 9.17) is 0 Å². The summed E-state index contributed by atoms with van der Waals surface area (Å²) in [6.45, 7) is 3.36. The standard InChI is InChI=1S/C11H18N4O3S/c1-10(15-5-3-4-12-15)11(16)13-6-8-14(9-7-13)19(2,17)18/h3-5,10H,6-9H2,1-2H3/t10-/m0/s1. The molecule has 1 atom stereocenters. The van der Waals surface area contributed by atoms with Crippen molar-refractivity contribution in [3.63, 3.8) is 0 Å². The quantitative estimate of drug-likeness (QED) is 0.754. The lowest BCUT2D eigenvalue weighted by molar-refractivity contribution is -0.135. The first kappa shape index (κ1) is 14.0. The van der Waals surface area contributed by atoms with Gasteiger partial charge in [-0.3, -0.25) is 9.48 Å². The summed E-state index contributed by atoms with van der Waals surface area (Å²) in [6.07, 6.45) is 4.57. The van der Waals surface area contributed by atoms with Crippen LogP contribution in [-0.4, -0.2) is 65.7 Å². The van der Waals surface area contributed by atoms with Crippen LogP contribution in [0.5, 0.6) is 0 Å². The van der Waals surface area contributed by atoms with Gasteiger partial charge in [-0.1, -0.05) is 0 Å². The summed E-state index contributed by atoms with van der Waals surface area (Å²) in [5.41, 5.74) is 0. The second-order valence-electron chi connectivity index (χ2n) is 4.65. The van der Waals surface area contributed by atoms with E-state index in [1.165, 1.54) is 10.6 Å². The fourth-order valence-electron chi connectivity index (χ4n) is 2.13. The van der Waals surface area contributed by atoms with Crippen LogP contribution in [0.15, 0.2) is 18.5 Å². The zero-order valence-corrected chi connectivity index (χ0v) is 11.9. The molecule has 0 saturated carbocycles. The summed E-state index contributed by atoms with van der Waals surface area (Å²) in [5.74, 6) is -0.0307. The smallest absolute Gasteiger partial charge is 0.247 e. The summed E-state index contributed by atoms with van der Waals surface area (Å²) in [4.78, 5) is 13.9. The van der Waals surface area contributed by atoms with Gasteiger partial charge in [0.05, 0.1) is 6.26 Å². The number of aromatic nitrogens is 2. The zero-order chi connectivity index (χ0) is 14.0. The molecule has 0 unspecified atom stereocenters.